The number of alkyl halides is 6. The quantitative estimate of drug-likeness (QED) is 0.478. The summed E-state index contributed by atoms with van der Waals surface area (Å²) in [7, 11) is 0. The fourth-order valence-corrected chi connectivity index (χ4v) is 0.489. The van der Waals surface area contributed by atoms with Gasteiger partial charge >= 0.3 is 17.8 Å². The summed E-state index contributed by atoms with van der Waals surface area (Å²) in [4.78, 5) is 0. The molecule has 0 N–H and O–H groups in total. The lowest BCUT2D eigenvalue weighted by Gasteiger charge is -2.41. The van der Waals surface area contributed by atoms with Gasteiger partial charge in [-0.3, -0.25) is 0 Å². The van der Waals surface area contributed by atoms with Crippen molar-refractivity contribution in [3.05, 3.63) is 6.42 Å². The Bertz CT molecular complexity index is 143. The van der Waals surface area contributed by atoms with Gasteiger partial charge in [0.2, 0.25) is 0 Å². The van der Waals surface area contributed by atoms with Gasteiger partial charge in [-0.2, -0.15) is 26.3 Å². The molecule has 1 saturated carbocycles. The molecule has 0 heterocycles. The Hall–Kier alpha value is -0.420. The van der Waals surface area contributed by atoms with Crippen LogP contribution in [-0.2, 0) is 0 Å². The predicted molar refractivity (Wildman–Crippen MR) is 18.1 cm³/mol. The molecule has 0 aromatic carbocycles. The highest BCUT2D eigenvalue weighted by Crippen LogP contribution is 2.59. The van der Waals surface area contributed by atoms with Crippen LogP contribution in [0.2, 0.25) is 0 Å². The van der Waals surface area contributed by atoms with Crippen LogP contribution >= 0.6 is 0 Å². The fourth-order valence-electron chi connectivity index (χ4n) is 0.489. The van der Waals surface area contributed by atoms with E-state index in [2.05, 4.69) is 0 Å². The van der Waals surface area contributed by atoms with E-state index in [1.807, 2.05) is 0 Å². The van der Waals surface area contributed by atoms with Gasteiger partial charge < -0.3 is 0 Å². The lowest BCUT2D eigenvalue weighted by atomic mass is 9.84. The third-order valence-corrected chi connectivity index (χ3v) is 1.10. The first-order valence-corrected chi connectivity index (χ1v) is 2.13. The van der Waals surface area contributed by atoms with E-state index in [0.717, 1.165) is 0 Å². The summed E-state index contributed by atoms with van der Waals surface area (Å²) in [5, 5.41) is 0. The molecular weight excluding hydrogens is 162 g/mol. The van der Waals surface area contributed by atoms with Crippen molar-refractivity contribution in [2.45, 2.75) is 17.8 Å². The van der Waals surface area contributed by atoms with Crippen molar-refractivity contribution in [1.29, 1.82) is 0 Å². The van der Waals surface area contributed by atoms with E-state index in [-0.39, 0.29) is 6.42 Å². The van der Waals surface area contributed by atoms with Crippen LogP contribution in [-0.4, -0.2) is 17.8 Å². The molecule has 0 aliphatic heterocycles. The van der Waals surface area contributed by atoms with Crippen molar-refractivity contribution in [2.24, 2.45) is 0 Å². The van der Waals surface area contributed by atoms with Gasteiger partial charge in [0.15, 0.2) is 0 Å². The Kier molecular flexibility index (Phi) is 1.10. The summed E-state index contributed by atoms with van der Waals surface area (Å²) in [5.74, 6) is -14.8. The zero-order valence-electron chi connectivity index (χ0n) is 4.27. The molecule has 58 valence electrons. The average molecular weight is 162 g/mol. The zero-order valence-corrected chi connectivity index (χ0v) is 4.27. The summed E-state index contributed by atoms with van der Waals surface area (Å²) in [6, 6.07) is 0. The van der Waals surface area contributed by atoms with E-state index >= 15 is 0 Å². The van der Waals surface area contributed by atoms with Crippen LogP contribution < -0.4 is 0 Å². The molecule has 0 bridgehead atoms. The Labute approximate surface area is 51.8 Å². The lowest BCUT2D eigenvalue weighted by molar-refractivity contribution is -0.354. The first-order chi connectivity index (χ1) is 4.21. The summed E-state index contributed by atoms with van der Waals surface area (Å²) in [5.41, 5.74) is 0. The maximum Gasteiger partial charge on any atom is 0.373 e. The van der Waals surface area contributed by atoms with Gasteiger partial charge in [0.1, 0.15) is 6.42 Å². The minimum absolute atomic E-state index is 0.132. The van der Waals surface area contributed by atoms with Crippen molar-refractivity contribution < 1.29 is 26.3 Å². The Morgan fingerprint density at radius 1 is 0.700 bits per heavy atom. The Balaban J connectivity index is 2.85. The monoisotopic (exact) mass is 162 g/mol. The summed E-state index contributed by atoms with van der Waals surface area (Å²) < 4.78 is 68.9. The predicted octanol–water partition coefficient (Wildman–Crippen LogP) is 1.99. The molecular formula is C4F6. The molecule has 0 spiro atoms. The molecule has 0 aromatic heterocycles. The molecule has 0 atom stereocenters. The second-order valence-corrected chi connectivity index (χ2v) is 1.85. The van der Waals surface area contributed by atoms with Crippen LogP contribution in [0.3, 0.4) is 0 Å². The number of hydrogen-bond acceptors (Lipinski definition) is 0. The Morgan fingerprint density at radius 2 is 1.00 bits per heavy atom. The Morgan fingerprint density at radius 3 is 1.00 bits per heavy atom. The van der Waals surface area contributed by atoms with E-state index in [1.54, 1.807) is 0 Å². The van der Waals surface area contributed by atoms with Crippen LogP contribution in [0.25, 0.3) is 0 Å². The van der Waals surface area contributed by atoms with Gasteiger partial charge in [-0.05, 0) is 0 Å². The van der Waals surface area contributed by atoms with Gasteiger partial charge in [-0.1, -0.05) is 0 Å². The van der Waals surface area contributed by atoms with Crippen LogP contribution in [0.4, 0.5) is 26.3 Å². The second-order valence-electron chi connectivity index (χ2n) is 1.85. The highest BCUT2D eigenvalue weighted by molar-refractivity contribution is 5.23. The van der Waals surface area contributed by atoms with E-state index in [4.69, 9.17) is 0 Å². The molecule has 0 nitrogen and oxygen atoms in total. The van der Waals surface area contributed by atoms with Gasteiger partial charge in [-0.25, -0.2) is 0 Å². The van der Waals surface area contributed by atoms with E-state index < -0.39 is 17.8 Å². The molecule has 0 amide bonds. The van der Waals surface area contributed by atoms with Gasteiger partial charge in [0, 0.05) is 0 Å². The van der Waals surface area contributed by atoms with E-state index in [1.165, 1.54) is 0 Å². The average Bonchev–Trinajstić information content (AvgIpc) is 1.61. The van der Waals surface area contributed by atoms with Crippen molar-refractivity contribution in [2.75, 3.05) is 0 Å². The third-order valence-electron chi connectivity index (χ3n) is 1.10. The molecule has 1 aliphatic carbocycles. The SMILES string of the molecule is FC1(F)[C]C(F)(F)C1(F)F. The standard InChI is InChI=1S/C4F6/c5-2(6)1-3(7,8)4(2,9)10. The normalized spacial score (nSPS) is 33.0. The molecule has 10 heavy (non-hydrogen) atoms. The maximum absolute atomic E-state index is 11.5. The molecule has 1 rings (SSSR count). The second kappa shape index (κ2) is 1.43. The maximum atomic E-state index is 11.5. The number of hydrogen-bond donors (Lipinski definition) is 0. The first kappa shape index (κ1) is 7.68. The van der Waals surface area contributed by atoms with Crippen LogP contribution in [0, 0.1) is 6.42 Å². The fraction of sp³-hybridized carbons (Fsp3) is 0.750. The van der Waals surface area contributed by atoms with Gasteiger partial charge in [-0.15, -0.1) is 0 Å². The minimum Gasteiger partial charge on any atom is -0.199 e. The molecule has 1 fully saturated rings. The van der Waals surface area contributed by atoms with Crippen LogP contribution in [0.5, 0.6) is 0 Å². The van der Waals surface area contributed by atoms with Crippen molar-refractivity contribution in [3.63, 3.8) is 0 Å². The van der Waals surface area contributed by atoms with Gasteiger partial charge in [0.05, 0.1) is 0 Å². The van der Waals surface area contributed by atoms with Gasteiger partial charge in [0.25, 0.3) is 0 Å². The lowest BCUT2D eigenvalue weighted by Crippen LogP contribution is -2.67. The van der Waals surface area contributed by atoms with Crippen LogP contribution in [0.1, 0.15) is 0 Å². The largest absolute Gasteiger partial charge is 0.373 e. The molecule has 1 aliphatic rings. The highest BCUT2D eigenvalue weighted by Gasteiger charge is 2.84. The first-order valence-electron chi connectivity index (χ1n) is 2.13. The summed E-state index contributed by atoms with van der Waals surface area (Å²) >= 11 is 0. The molecule has 0 saturated heterocycles. The summed E-state index contributed by atoms with van der Waals surface area (Å²) in [6.07, 6.45) is 0.132. The number of halogens is 6. The third kappa shape index (κ3) is 0.590. The zero-order chi connectivity index (χ0) is 8.21. The smallest absolute Gasteiger partial charge is 0.199 e. The minimum atomic E-state index is -5.26. The van der Waals surface area contributed by atoms with Crippen molar-refractivity contribution in [3.8, 4) is 0 Å². The topological polar surface area (TPSA) is 0 Å². The molecule has 2 radical (unpaired) electrons. The van der Waals surface area contributed by atoms with Crippen LogP contribution in [0.15, 0.2) is 0 Å². The van der Waals surface area contributed by atoms with Crippen molar-refractivity contribution >= 4 is 0 Å². The highest BCUT2D eigenvalue weighted by atomic mass is 19.4. The molecule has 6 heteroatoms. The molecule has 0 aromatic rings. The summed E-state index contributed by atoms with van der Waals surface area (Å²) in [6.45, 7) is 0. The number of rotatable bonds is 0. The van der Waals surface area contributed by atoms with E-state index in [9.17, 15) is 26.3 Å². The van der Waals surface area contributed by atoms with E-state index in [0.29, 0.717) is 0 Å². The molecule has 0 unspecified atom stereocenters. The van der Waals surface area contributed by atoms with Crippen molar-refractivity contribution in [1.82, 2.24) is 0 Å².